The number of aromatic amines is 1. The number of rotatable bonds is 9. The van der Waals surface area contributed by atoms with Crippen LogP contribution in [0.1, 0.15) is 82.8 Å². The zero-order valence-electron chi connectivity index (χ0n) is 27.2. The average molecular weight is 625 g/mol. The molecule has 0 radical (unpaired) electrons. The van der Waals surface area contributed by atoms with Crippen LogP contribution in [-0.2, 0) is 9.16 Å². The van der Waals surface area contributed by atoms with Crippen LogP contribution >= 0.6 is 0 Å². The van der Waals surface area contributed by atoms with E-state index < -0.39 is 49.9 Å². The molecular formula is C33H44N2O8Si. The van der Waals surface area contributed by atoms with Crippen LogP contribution in [0.5, 0.6) is 5.75 Å². The van der Waals surface area contributed by atoms with Gasteiger partial charge in [-0.1, -0.05) is 45.0 Å². The predicted molar refractivity (Wildman–Crippen MR) is 172 cm³/mol. The molecule has 0 saturated carbocycles. The Labute approximate surface area is 259 Å². The van der Waals surface area contributed by atoms with E-state index in [9.17, 15) is 24.3 Å². The Balaban J connectivity index is 2.24. The molecule has 1 unspecified atom stereocenters. The molecule has 1 aromatic heterocycles. The summed E-state index contributed by atoms with van der Waals surface area (Å²) in [5.41, 5.74) is 0.787. The molecular weight excluding hydrogens is 580 g/mol. The molecule has 0 saturated heterocycles. The Bertz CT molecular complexity index is 1590. The van der Waals surface area contributed by atoms with Gasteiger partial charge < -0.3 is 24.0 Å². The number of hydrogen-bond donors (Lipinski definition) is 2. The first kappa shape index (κ1) is 34.5. The molecule has 0 spiro atoms. The fourth-order valence-electron chi connectivity index (χ4n) is 4.99. The molecule has 238 valence electrons. The van der Waals surface area contributed by atoms with Crippen LogP contribution in [0.4, 0.5) is 9.59 Å². The normalized spacial score (nSPS) is 14.4. The van der Waals surface area contributed by atoms with Crippen molar-refractivity contribution in [3.05, 3.63) is 75.6 Å². The highest BCUT2D eigenvalue weighted by atomic mass is 28.4. The number of carbonyl (C=O) groups excluding carboxylic acids is 2. The maximum absolute atomic E-state index is 12.9. The van der Waals surface area contributed by atoms with Crippen LogP contribution in [0.25, 0.3) is 10.9 Å². The molecule has 2 aromatic carbocycles. The summed E-state index contributed by atoms with van der Waals surface area (Å²) in [6, 6.07) is 12.5. The highest BCUT2D eigenvalue weighted by Crippen LogP contribution is 2.41. The van der Waals surface area contributed by atoms with E-state index in [1.807, 2.05) is 6.07 Å². The lowest BCUT2D eigenvalue weighted by Gasteiger charge is -2.43. The fraction of sp³-hybridized carbons (Fsp3) is 0.455. The second-order valence-corrected chi connectivity index (χ2v) is 18.3. The van der Waals surface area contributed by atoms with Crippen molar-refractivity contribution in [2.45, 2.75) is 97.3 Å². The molecule has 44 heavy (non-hydrogen) atoms. The molecule has 0 fully saturated rings. The fourth-order valence-corrected chi connectivity index (χ4v) is 6.31. The summed E-state index contributed by atoms with van der Waals surface area (Å²) in [5.74, 6) is -0.547. The highest BCUT2D eigenvalue weighted by Gasteiger charge is 2.42. The summed E-state index contributed by atoms with van der Waals surface area (Å²) in [6.45, 7) is 19.0. The summed E-state index contributed by atoms with van der Waals surface area (Å²) in [7, 11) is -2.37. The molecule has 1 amide bonds. The van der Waals surface area contributed by atoms with Crippen LogP contribution in [0.3, 0.4) is 0 Å². The average Bonchev–Trinajstić information content (AvgIpc) is 2.88. The Morgan fingerprint density at radius 2 is 1.66 bits per heavy atom. The number of ether oxygens (including phenoxy) is 2. The van der Waals surface area contributed by atoms with Gasteiger partial charge in [0.05, 0.1) is 5.52 Å². The quantitative estimate of drug-likeness (QED) is 0.0820. The monoisotopic (exact) mass is 624 g/mol. The van der Waals surface area contributed by atoms with E-state index in [2.05, 4.69) is 38.8 Å². The number of aldehydes is 1. The highest BCUT2D eigenvalue weighted by molar-refractivity contribution is 6.74. The van der Waals surface area contributed by atoms with E-state index in [0.717, 1.165) is 6.29 Å². The van der Waals surface area contributed by atoms with E-state index in [0.29, 0.717) is 22.1 Å². The first-order chi connectivity index (χ1) is 20.3. The lowest BCUT2D eigenvalue weighted by molar-refractivity contribution is 0.00812. The van der Waals surface area contributed by atoms with Gasteiger partial charge >= 0.3 is 12.2 Å². The topological polar surface area (TPSA) is 135 Å². The van der Waals surface area contributed by atoms with E-state index in [-0.39, 0.29) is 16.3 Å². The van der Waals surface area contributed by atoms with Crippen molar-refractivity contribution < 1.29 is 33.4 Å². The van der Waals surface area contributed by atoms with Gasteiger partial charge in [0.1, 0.15) is 18.1 Å². The van der Waals surface area contributed by atoms with Crippen molar-refractivity contribution in [1.29, 1.82) is 0 Å². The second-order valence-electron chi connectivity index (χ2n) is 13.5. The molecule has 10 nitrogen and oxygen atoms in total. The number of aromatic nitrogens is 1. The minimum atomic E-state index is -2.37. The van der Waals surface area contributed by atoms with Crippen LogP contribution in [-0.4, -0.2) is 59.7 Å². The minimum absolute atomic E-state index is 0.0773. The van der Waals surface area contributed by atoms with E-state index in [4.69, 9.17) is 13.9 Å². The van der Waals surface area contributed by atoms with E-state index >= 15 is 0 Å². The molecule has 11 heteroatoms. The van der Waals surface area contributed by atoms with Gasteiger partial charge in [-0.15, -0.1) is 0 Å². The number of fused-ring (bicyclic) bond motifs is 1. The SMILES string of the molecule is C[C@H](C(c1cccc(C=O)c1)c1ccc(OC(=O)OC(C)(C)C)c2[nH]c(=O)ccc12)N(C(=O)O)[C@@H](C)O[Si](C)(C)C(C)(C)C. The number of amides is 1. The van der Waals surface area contributed by atoms with Crippen molar-refractivity contribution in [3.8, 4) is 5.75 Å². The number of hydrogen-bond acceptors (Lipinski definition) is 7. The third-order valence-electron chi connectivity index (χ3n) is 8.02. The molecule has 3 aromatic rings. The summed E-state index contributed by atoms with van der Waals surface area (Å²) < 4.78 is 17.3. The van der Waals surface area contributed by atoms with Gasteiger partial charge in [-0.3, -0.25) is 14.5 Å². The smallest absolute Gasteiger partial charge is 0.465 e. The van der Waals surface area contributed by atoms with Crippen molar-refractivity contribution in [1.82, 2.24) is 9.88 Å². The van der Waals surface area contributed by atoms with Crippen LogP contribution < -0.4 is 10.3 Å². The Morgan fingerprint density at radius 3 is 2.23 bits per heavy atom. The first-order valence-corrected chi connectivity index (χ1v) is 17.5. The maximum atomic E-state index is 12.9. The third kappa shape index (κ3) is 7.95. The van der Waals surface area contributed by atoms with Gasteiger partial charge in [0.2, 0.25) is 5.56 Å². The summed E-state index contributed by atoms with van der Waals surface area (Å²) >= 11 is 0. The van der Waals surface area contributed by atoms with Crippen LogP contribution in [0.15, 0.2) is 53.3 Å². The number of carbonyl (C=O) groups is 3. The lowest BCUT2D eigenvalue weighted by Crippen LogP contribution is -2.53. The van der Waals surface area contributed by atoms with Gasteiger partial charge in [0.25, 0.3) is 0 Å². The molecule has 0 aliphatic carbocycles. The minimum Gasteiger partial charge on any atom is -0.465 e. The first-order valence-electron chi connectivity index (χ1n) is 14.6. The van der Waals surface area contributed by atoms with Crippen molar-refractivity contribution in [2.24, 2.45) is 0 Å². The molecule has 1 heterocycles. The van der Waals surface area contributed by atoms with Gasteiger partial charge in [0.15, 0.2) is 14.1 Å². The Morgan fingerprint density at radius 1 is 1.00 bits per heavy atom. The van der Waals surface area contributed by atoms with Crippen LogP contribution in [0, 0.1) is 0 Å². The van der Waals surface area contributed by atoms with Gasteiger partial charge in [-0.05, 0) is 82.1 Å². The van der Waals surface area contributed by atoms with Gasteiger partial charge in [-0.2, -0.15) is 0 Å². The zero-order valence-corrected chi connectivity index (χ0v) is 28.2. The van der Waals surface area contributed by atoms with Crippen molar-refractivity contribution >= 4 is 37.8 Å². The molecule has 0 aliphatic heterocycles. The van der Waals surface area contributed by atoms with Gasteiger partial charge in [-0.25, -0.2) is 9.59 Å². The molecule has 0 bridgehead atoms. The molecule has 3 rings (SSSR count). The Hall–Kier alpha value is -3.96. The molecule has 2 N–H and O–H groups in total. The van der Waals surface area contributed by atoms with Crippen molar-refractivity contribution in [2.75, 3.05) is 0 Å². The van der Waals surface area contributed by atoms with Crippen LogP contribution in [0.2, 0.25) is 18.1 Å². The number of H-pyrrole nitrogens is 1. The molecule has 0 aliphatic rings. The third-order valence-corrected chi connectivity index (χ3v) is 12.6. The van der Waals surface area contributed by atoms with Crippen molar-refractivity contribution in [3.63, 3.8) is 0 Å². The lowest BCUT2D eigenvalue weighted by atomic mass is 9.82. The maximum Gasteiger partial charge on any atom is 0.514 e. The standard InChI is InChI=1S/C33H44N2O8Si/c1-20(35(30(38)39)21(2)43-44(9,10)33(6,7)8)28(23-13-11-12-22(18-23)19-36)24-14-16-26(41-31(40)42-32(3,4)5)29-25(24)15-17-27(37)34-29/h11-21,28H,1-10H3,(H,34,37)(H,38,39)/t20-,21-,28?/m1/s1. The number of nitrogens with one attached hydrogen (secondary N) is 1. The summed E-state index contributed by atoms with van der Waals surface area (Å²) in [4.78, 5) is 53.7. The number of nitrogens with zero attached hydrogens (tertiary/aromatic N) is 1. The van der Waals surface area contributed by atoms with Gasteiger partial charge in [0, 0.05) is 29.0 Å². The summed E-state index contributed by atoms with van der Waals surface area (Å²) in [6.07, 6.45) is -2.16. The number of pyridine rings is 1. The number of carboxylic acid groups (broad SMARTS) is 1. The summed E-state index contributed by atoms with van der Waals surface area (Å²) in [5, 5.41) is 10.9. The predicted octanol–water partition coefficient (Wildman–Crippen LogP) is 7.52. The zero-order chi connectivity index (χ0) is 33.2. The Kier molecular flexibility index (Phi) is 10.2. The second kappa shape index (κ2) is 13.0. The largest absolute Gasteiger partial charge is 0.514 e. The van der Waals surface area contributed by atoms with E-state index in [1.54, 1.807) is 71.0 Å². The van der Waals surface area contributed by atoms with E-state index in [1.165, 1.54) is 11.0 Å². The number of benzene rings is 2. The molecule has 3 atom stereocenters.